The third-order valence-corrected chi connectivity index (χ3v) is 7.99. The van der Waals surface area contributed by atoms with Crippen molar-refractivity contribution in [1.29, 1.82) is 0 Å². The molecule has 0 fully saturated rings. The van der Waals surface area contributed by atoms with Crippen LogP contribution >= 0.6 is 0 Å². The third-order valence-electron chi connectivity index (χ3n) is 7.99. The lowest BCUT2D eigenvalue weighted by Crippen LogP contribution is -2.36. The highest BCUT2D eigenvalue weighted by atomic mass is 16.5. The summed E-state index contributed by atoms with van der Waals surface area (Å²) in [6, 6.07) is 25.5. The summed E-state index contributed by atoms with van der Waals surface area (Å²) in [5.74, 6) is 0.446. The van der Waals surface area contributed by atoms with Crippen molar-refractivity contribution in [1.82, 2.24) is 5.32 Å². The van der Waals surface area contributed by atoms with Crippen LogP contribution in [0.5, 0.6) is 11.5 Å². The Morgan fingerprint density at radius 3 is 2.39 bits per heavy atom. The van der Waals surface area contributed by atoms with E-state index < -0.39 is 11.9 Å². The summed E-state index contributed by atoms with van der Waals surface area (Å²) in [6.45, 7) is 6.12. The minimum atomic E-state index is -0.598. The van der Waals surface area contributed by atoms with Crippen molar-refractivity contribution in [3.05, 3.63) is 118 Å². The molecule has 0 saturated carbocycles. The number of para-hydroxylation sites is 1. The van der Waals surface area contributed by atoms with Crippen LogP contribution in [0.1, 0.15) is 68.6 Å². The fraction of sp³-hybridized carbons (Fsp3) is 0.314. The highest BCUT2D eigenvalue weighted by Crippen LogP contribution is 2.48. The first kappa shape index (κ1) is 28.2. The van der Waals surface area contributed by atoms with Gasteiger partial charge in [0.25, 0.3) is 0 Å². The second-order valence-electron chi connectivity index (χ2n) is 10.7. The second-order valence-corrected chi connectivity index (χ2v) is 10.7. The molecule has 0 unspecified atom stereocenters. The Labute approximate surface area is 242 Å². The maximum atomic E-state index is 14.0. The van der Waals surface area contributed by atoms with Gasteiger partial charge in [-0.15, -0.1) is 0 Å². The summed E-state index contributed by atoms with van der Waals surface area (Å²) in [7, 11) is 1.64. The molecule has 1 N–H and O–H groups in total. The number of nitrogens with one attached hydrogen (secondary N) is 1. The number of dihydropyridines is 1. The van der Waals surface area contributed by atoms with Gasteiger partial charge in [-0.05, 0) is 61.9 Å². The molecule has 0 amide bonds. The number of hydrogen-bond donors (Lipinski definition) is 1. The first-order valence-corrected chi connectivity index (χ1v) is 14.2. The van der Waals surface area contributed by atoms with E-state index in [0.717, 1.165) is 28.1 Å². The van der Waals surface area contributed by atoms with Gasteiger partial charge in [0.05, 0.1) is 24.7 Å². The van der Waals surface area contributed by atoms with Crippen molar-refractivity contribution >= 4 is 11.8 Å². The second kappa shape index (κ2) is 12.5. The Bertz CT molecular complexity index is 1470. The van der Waals surface area contributed by atoms with Crippen LogP contribution < -0.4 is 14.8 Å². The molecule has 0 aromatic heterocycles. The lowest BCUT2D eigenvalue weighted by Gasteiger charge is -2.37. The van der Waals surface area contributed by atoms with Gasteiger partial charge >= 0.3 is 5.97 Å². The average molecular weight is 552 g/mol. The summed E-state index contributed by atoms with van der Waals surface area (Å²) in [6.07, 6.45) is 1.46. The molecule has 3 aromatic rings. The van der Waals surface area contributed by atoms with E-state index in [1.54, 1.807) is 7.11 Å². The first-order valence-electron chi connectivity index (χ1n) is 14.2. The smallest absolute Gasteiger partial charge is 0.337 e. The molecule has 0 saturated heterocycles. The molecular weight excluding hydrogens is 514 g/mol. The minimum Gasteiger partial charge on any atom is -0.497 e. The molecule has 3 aromatic carbocycles. The van der Waals surface area contributed by atoms with Crippen LogP contribution in [-0.2, 0) is 20.9 Å². The molecule has 1 aliphatic carbocycles. The molecule has 2 aliphatic rings. The Balaban J connectivity index is 1.56. The van der Waals surface area contributed by atoms with Crippen LogP contribution in [0.3, 0.4) is 0 Å². The Hall–Kier alpha value is -4.32. The molecule has 0 spiro atoms. The zero-order chi connectivity index (χ0) is 28.9. The SMILES string of the molecule is CC[C@H](C)OC(=O)C1=C(C)NC2=C(C(=O)C[C@@H](c3ccc(OC)cc3)C2)[C@@H]1c1ccccc1OCc1ccccc1. The molecule has 6 heteroatoms. The number of allylic oxidation sites excluding steroid dienone is 3. The number of ether oxygens (including phenoxy) is 3. The summed E-state index contributed by atoms with van der Waals surface area (Å²) in [5, 5.41) is 3.44. The van der Waals surface area contributed by atoms with Crippen molar-refractivity contribution in [3.8, 4) is 11.5 Å². The van der Waals surface area contributed by atoms with Crippen LogP contribution in [0.25, 0.3) is 0 Å². The monoisotopic (exact) mass is 551 g/mol. The van der Waals surface area contributed by atoms with E-state index in [1.165, 1.54) is 0 Å². The van der Waals surface area contributed by atoms with Crippen molar-refractivity contribution in [2.45, 2.75) is 64.6 Å². The Morgan fingerprint density at radius 2 is 1.68 bits per heavy atom. The van der Waals surface area contributed by atoms with E-state index in [9.17, 15) is 9.59 Å². The number of esters is 1. The number of carbonyl (C=O) groups excluding carboxylic acids is 2. The summed E-state index contributed by atoms with van der Waals surface area (Å²) >= 11 is 0. The van der Waals surface area contributed by atoms with Gasteiger partial charge in [-0.3, -0.25) is 4.79 Å². The van der Waals surface area contributed by atoms with E-state index in [4.69, 9.17) is 14.2 Å². The molecule has 3 atom stereocenters. The van der Waals surface area contributed by atoms with Gasteiger partial charge in [-0.1, -0.05) is 67.6 Å². The predicted molar refractivity (Wildman–Crippen MR) is 159 cm³/mol. The number of hydrogen-bond acceptors (Lipinski definition) is 6. The molecule has 6 nitrogen and oxygen atoms in total. The standard InChI is InChI=1S/C35H37NO5/c1-5-22(2)41-35(38)32-23(3)36-29-19-26(25-15-17-27(39-4)18-16-25)20-30(37)34(29)33(32)28-13-9-10-14-31(28)40-21-24-11-7-6-8-12-24/h6-18,22,26,33,36H,5,19-21H2,1-4H3/t22-,26-,33+/m0/s1. The van der Waals surface area contributed by atoms with Gasteiger partial charge in [-0.2, -0.15) is 0 Å². The number of Topliss-reactive ketones (excluding diaryl/α,β-unsaturated/α-hetero) is 1. The van der Waals surface area contributed by atoms with Gasteiger partial charge in [0.2, 0.25) is 0 Å². The van der Waals surface area contributed by atoms with Gasteiger partial charge in [0.1, 0.15) is 18.1 Å². The maximum Gasteiger partial charge on any atom is 0.337 e. The third kappa shape index (κ3) is 6.07. The van der Waals surface area contributed by atoms with Crippen molar-refractivity contribution in [2.75, 3.05) is 7.11 Å². The maximum absolute atomic E-state index is 14.0. The number of rotatable bonds is 9. The summed E-state index contributed by atoms with van der Waals surface area (Å²) in [5.41, 5.74) is 5.52. The van der Waals surface area contributed by atoms with Gasteiger partial charge in [0, 0.05) is 29.0 Å². The fourth-order valence-electron chi connectivity index (χ4n) is 5.65. The highest BCUT2D eigenvalue weighted by molar-refractivity contribution is 6.04. The number of carbonyl (C=O) groups is 2. The normalized spacial score (nSPS) is 19.3. The molecular formula is C35H37NO5. The molecule has 5 rings (SSSR count). The molecule has 0 radical (unpaired) electrons. The number of ketones is 1. The first-order chi connectivity index (χ1) is 19.9. The molecule has 0 bridgehead atoms. The zero-order valence-electron chi connectivity index (χ0n) is 24.1. The zero-order valence-corrected chi connectivity index (χ0v) is 24.1. The number of benzene rings is 3. The van der Waals surface area contributed by atoms with Crippen LogP contribution in [-0.4, -0.2) is 25.0 Å². The van der Waals surface area contributed by atoms with Crippen molar-refractivity contribution < 1.29 is 23.8 Å². The Morgan fingerprint density at radius 1 is 0.976 bits per heavy atom. The van der Waals surface area contributed by atoms with E-state index in [-0.39, 0.29) is 17.8 Å². The van der Waals surface area contributed by atoms with Gasteiger partial charge < -0.3 is 19.5 Å². The Kier molecular flexibility index (Phi) is 8.58. The van der Waals surface area contributed by atoms with Crippen LogP contribution in [0.2, 0.25) is 0 Å². The van der Waals surface area contributed by atoms with E-state index in [2.05, 4.69) is 5.32 Å². The number of methoxy groups -OCH3 is 1. The van der Waals surface area contributed by atoms with Crippen LogP contribution in [0, 0.1) is 0 Å². The molecule has 212 valence electrons. The lowest BCUT2D eigenvalue weighted by atomic mass is 9.71. The van der Waals surface area contributed by atoms with Crippen molar-refractivity contribution in [2.24, 2.45) is 0 Å². The van der Waals surface area contributed by atoms with E-state index >= 15 is 0 Å². The van der Waals surface area contributed by atoms with Crippen LogP contribution in [0.4, 0.5) is 0 Å². The molecule has 1 heterocycles. The van der Waals surface area contributed by atoms with Crippen LogP contribution in [0.15, 0.2) is 101 Å². The summed E-state index contributed by atoms with van der Waals surface area (Å²) < 4.78 is 17.5. The minimum absolute atomic E-state index is 0.0174. The largest absolute Gasteiger partial charge is 0.497 e. The van der Waals surface area contributed by atoms with Gasteiger partial charge in [0.15, 0.2) is 5.78 Å². The topological polar surface area (TPSA) is 73.9 Å². The van der Waals surface area contributed by atoms with Crippen molar-refractivity contribution in [3.63, 3.8) is 0 Å². The van der Waals surface area contributed by atoms with Gasteiger partial charge in [-0.25, -0.2) is 4.79 Å². The molecule has 1 aliphatic heterocycles. The fourth-order valence-corrected chi connectivity index (χ4v) is 5.65. The lowest BCUT2D eigenvalue weighted by molar-refractivity contribution is -0.144. The highest BCUT2D eigenvalue weighted by Gasteiger charge is 2.42. The average Bonchev–Trinajstić information content (AvgIpc) is 2.99. The molecule has 41 heavy (non-hydrogen) atoms. The quantitative estimate of drug-likeness (QED) is 0.289. The summed E-state index contributed by atoms with van der Waals surface area (Å²) in [4.78, 5) is 27.7. The van der Waals surface area contributed by atoms with E-state index in [0.29, 0.717) is 48.5 Å². The predicted octanol–water partition coefficient (Wildman–Crippen LogP) is 6.98. The van der Waals surface area contributed by atoms with E-state index in [1.807, 2.05) is 99.6 Å².